The standard InChI is InChI=1S/C23H32N2O/c1-14-10-15-11-16(26)6-8-22(15,2)19-7-9-23(3)17(20-12-24-13-25-20)4-5-18(23)21(14)19/h4,10,12-14,16,18-19,21,26H,5-9,11H2,1-3H3,(H,24,25)/t14-,16+,18+,19+,21+,22+,23-/m1/s1. The smallest absolute Gasteiger partial charge is 0.0927 e. The van der Waals surface area contributed by atoms with E-state index in [4.69, 9.17) is 0 Å². The highest BCUT2D eigenvalue weighted by atomic mass is 16.3. The maximum Gasteiger partial charge on any atom is 0.0927 e. The minimum absolute atomic E-state index is 0.119. The Kier molecular flexibility index (Phi) is 3.60. The second-order valence-corrected chi connectivity index (χ2v) is 9.92. The molecule has 1 aromatic rings. The van der Waals surface area contributed by atoms with Crippen molar-refractivity contribution in [3.63, 3.8) is 0 Å². The molecule has 3 heteroatoms. The van der Waals surface area contributed by atoms with Crippen LogP contribution < -0.4 is 0 Å². The zero-order valence-corrected chi connectivity index (χ0v) is 16.3. The Morgan fingerprint density at radius 2 is 1.96 bits per heavy atom. The summed E-state index contributed by atoms with van der Waals surface area (Å²) in [5.41, 5.74) is 4.77. The number of rotatable bonds is 1. The van der Waals surface area contributed by atoms with Crippen molar-refractivity contribution >= 4 is 5.57 Å². The highest BCUT2D eigenvalue weighted by Gasteiger charge is 2.58. The van der Waals surface area contributed by atoms with Crippen LogP contribution in [0.2, 0.25) is 0 Å². The largest absolute Gasteiger partial charge is 0.393 e. The van der Waals surface area contributed by atoms with Crippen molar-refractivity contribution in [2.75, 3.05) is 0 Å². The Hall–Kier alpha value is -1.35. The minimum Gasteiger partial charge on any atom is -0.393 e. The highest BCUT2D eigenvalue weighted by Crippen LogP contribution is 2.67. The molecule has 1 aromatic heterocycles. The molecule has 26 heavy (non-hydrogen) atoms. The molecule has 5 rings (SSSR count). The van der Waals surface area contributed by atoms with E-state index in [0.29, 0.717) is 11.3 Å². The number of H-pyrrole nitrogens is 1. The molecule has 0 unspecified atom stereocenters. The van der Waals surface area contributed by atoms with Crippen molar-refractivity contribution in [3.8, 4) is 0 Å². The summed E-state index contributed by atoms with van der Waals surface area (Å²) in [6.45, 7) is 7.44. The first-order chi connectivity index (χ1) is 12.4. The molecule has 2 fully saturated rings. The van der Waals surface area contributed by atoms with Gasteiger partial charge >= 0.3 is 0 Å². The van der Waals surface area contributed by atoms with Gasteiger partial charge in [0.1, 0.15) is 0 Å². The first kappa shape index (κ1) is 16.8. The van der Waals surface area contributed by atoms with Crippen LogP contribution in [0.1, 0.15) is 65.0 Å². The van der Waals surface area contributed by atoms with Gasteiger partial charge in [-0.15, -0.1) is 0 Å². The third-order valence-corrected chi connectivity index (χ3v) is 8.76. The SMILES string of the molecule is C[C@@H]1C=C2C[C@@H](O)CC[C@]2(C)[C@H]2CC[C@]3(C)C(c4c[nH]cn4)=CC[C@H]3[C@H]12. The van der Waals surface area contributed by atoms with Crippen molar-refractivity contribution in [1.82, 2.24) is 9.97 Å². The average Bonchev–Trinajstić information content (AvgIpc) is 3.23. The molecule has 0 amide bonds. The Bertz CT molecular complexity index is 763. The van der Waals surface area contributed by atoms with Crippen LogP contribution in [0.4, 0.5) is 0 Å². The minimum atomic E-state index is -0.119. The maximum absolute atomic E-state index is 10.2. The second kappa shape index (κ2) is 5.58. The summed E-state index contributed by atoms with van der Waals surface area (Å²) >= 11 is 0. The van der Waals surface area contributed by atoms with E-state index in [0.717, 1.165) is 42.7 Å². The number of aromatic nitrogens is 2. The number of nitrogens with zero attached hydrogens (tertiary/aromatic N) is 1. The number of aliphatic hydroxyl groups excluding tert-OH is 1. The van der Waals surface area contributed by atoms with Crippen molar-refractivity contribution < 1.29 is 5.11 Å². The summed E-state index contributed by atoms with van der Waals surface area (Å²) < 4.78 is 0. The fourth-order valence-electron chi connectivity index (χ4n) is 7.38. The number of hydrogen-bond acceptors (Lipinski definition) is 2. The molecule has 0 radical (unpaired) electrons. The third kappa shape index (κ3) is 2.13. The molecule has 0 spiro atoms. The van der Waals surface area contributed by atoms with Gasteiger partial charge in [0.15, 0.2) is 0 Å². The van der Waals surface area contributed by atoms with Crippen LogP contribution in [-0.2, 0) is 0 Å². The fourth-order valence-corrected chi connectivity index (χ4v) is 7.38. The predicted octanol–water partition coefficient (Wildman–Crippen LogP) is 4.97. The lowest BCUT2D eigenvalue weighted by Gasteiger charge is -2.59. The van der Waals surface area contributed by atoms with Crippen molar-refractivity contribution in [2.24, 2.45) is 34.5 Å². The van der Waals surface area contributed by atoms with Gasteiger partial charge in [0.25, 0.3) is 0 Å². The van der Waals surface area contributed by atoms with Crippen LogP contribution in [0.25, 0.3) is 5.57 Å². The Morgan fingerprint density at radius 3 is 2.73 bits per heavy atom. The van der Waals surface area contributed by atoms with Crippen molar-refractivity contribution in [3.05, 3.63) is 35.9 Å². The van der Waals surface area contributed by atoms with Gasteiger partial charge in [0.2, 0.25) is 0 Å². The molecular formula is C23H32N2O. The molecule has 2 N–H and O–H groups in total. The topological polar surface area (TPSA) is 48.9 Å². The van der Waals surface area contributed by atoms with E-state index in [1.807, 2.05) is 6.33 Å². The first-order valence-corrected chi connectivity index (χ1v) is 10.5. The lowest BCUT2D eigenvalue weighted by molar-refractivity contribution is -0.0426. The fraction of sp³-hybridized carbons (Fsp3) is 0.696. The molecule has 0 aromatic carbocycles. The highest BCUT2D eigenvalue weighted by molar-refractivity contribution is 5.70. The summed E-state index contributed by atoms with van der Waals surface area (Å²) in [6, 6.07) is 0. The summed E-state index contributed by atoms with van der Waals surface area (Å²) in [7, 11) is 0. The molecule has 3 nitrogen and oxygen atoms in total. The lowest BCUT2D eigenvalue weighted by Crippen LogP contribution is -2.52. The van der Waals surface area contributed by atoms with Crippen LogP contribution in [-0.4, -0.2) is 21.2 Å². The van der Waals surface area contributed by atoms with E-state index >= 15 is 0 Å². The van der Waals surface area contributed by atoms with E-state index in [2.05, 4.69) is 49.1 Å². The summed E-state index contributed by atoms with van der Waals surface area (Å²) in [5.74, 6) is 2.87. The lowest BCUT2D eigenvalue weighted by atomic mass is 9.45. The van der Waals surface area contributed by atoms with Gasteiger partial charge in [0.05, 0.1) is 18.1 Å². The number of allylic oxidation sites excluding steroid dienone is 3. The summed E-state index contributed by atoms with van der Waals surface area (Å²) in [4.78, 5) is 7.73. The van der Waals surface area contributed by atoms with E-state index in [1.165, 1.54) is 24.8 Å². The van der Waals surface area contributed by atoms with Crippen molar-refractivity contribution in [1.29, 1.82) is 0 Å². The predicted molar refractivity (Wildman–Crippen MR) is 104 cm³/mol. The molecule has 4 aliphatic carbocycles. The van der Waals surface area contributed by atoms with Gasteiger partial charge in [0, 0.05) is 6.20 Å². The quantitative estimate of drug-likeness (QED) is 0.701. The van der Waals surface area contributed by atoms with Gasteiger partial charge in [-0.05, 0) is 78.6 Å². The number of aliphatic hydroxyl groups is 1. The summed E-state index contributed by atoms with van der Waals surface area (Å²) in [6.07, 6.45) is 15.6. The number of fused-ring (bicyclic) bond motifs is 5. The first-order valence-electron chi connectivity index (χ1n) is 10.5. The Morgan fingerprint density at radius 1 is 1.15 bits per heavy atom. The van der Waals surface area contributed by atoms with Gasteiger partial charge in [-0.3, -0.25) is 0 Å². The Balaban J connectivity index is 1.52. The van der Waals surface area contributed by atoms with Gasteiger partial charge < -0.3 is 10.1 Å². The van der Waals surface area contributed by atoms with Crippen LogP contribution in [0.3, 0.4) is 0 Å². The molecule has 0 aliphatic heterocycles. The molecule has 1 heterocycles. The monoisotopic (exact) mass is 352 g/mol. The van der Waals surface area contributed by atoms with Crippen LogP contribution in [0, 0.1) is 34.5 Å². The van der Waals surface area contributed by atoms with Gasteiger partial charge in [-0.25, -0.2) is 4.98 Å². The zero-order valence-electron chi connectivity index (χ0n) is 16.3. The maximum atomic E-state index is 10.2. The third-order valence-electron chi connectivity index (χ3n) is 8.76. The molecule has 0 saturated heterocycles. The molecule has 4 aliphatic rings. The molecule has 0 bridgehead atoms. The van der Waals surface area contributed by atoms with Crippen LogP contribution in [0.15, 0.2) is 30.2 Å². The van der Waals surface area contributed by atoms with Crippen molar-refractivity contribution in [2.45, 2.75) is 65.4 Å². The van der Waals surface area contributed by atoms with E-state index in [9.17, 15) is 5.11 Å². The zero-order chi connectivity index (χ0) is 18.1. The van der Waals surface area contributed by atoms with Gasteiger partial charge in [-0.1, -0.05) is 38.5 Å². The number of nitrogens with one attached hydrogen (secondary N) is 1. The normalized spacial score (nSPS) is 47.5. The molecular weight excluding hydrogens is 320 g/mol. The molecule has 7 atom stereocenters. The Labute approximate surface area is 157 Å². The second-order valence-electron chi connectivity index (χ2n) is 9.92. The number of imidazole rings is 1. The molecule has 2 saturated carbocycles. The number of aromatic amines is 1. The average molecular weight is 353 g/mol. The number of hydrogen-bond donors (Lipinski definition) is 2. The summed E-state index contributed by atoms with van der Waals surface area (Å²) in [5, 5.41) is 10.2. The van der Waals surface area contributed by atoms with E-state index in [1.54, 1.807) is 5.57 Å². The van der Waals surface area contributed by atoms with Gasteiger partial charge in [-0.2, -0.15) is 0 Å². The van der Waals surface area contributed by atoms with Crippen LogP contribution in [0.5, 0.6) is 0 Å². The van der Waals surface area contributed by atoms with E-state index in [-0.39, 0.29) is 11.5 Å². The van der Waals surface area contributed by atoms with Crippen LogP contribution >= 0.6 is 0 Å². The van der Waals surface area contributed by atoms with E-state index < -0.39 is 0 Å². The molecule has 140 valence electrons.